The predicted molar refractivity (Wildman–Crippen MR) is 101 cm³/mol. The second kappa shape index (κ2) is 14.4. The summed E-state index contributed by atoms with van der Waals surface area (Å²) in [5.41, 5.74) is 0. The van der Waals surface area contributed by atoms with Gasteiger partial charge in [0.1, 0.15) is 0 Å². The molecule has 0 aliphatic heterocycles. The zero-order valence-electron chi connectivity index (χ0n) is 15.1. The third-order valence-electron chi connectivity index (χ3n) is 4.28. The Morgan fingerprint density at radius 2 is 0.750 bits per heavy atom. The first-order valence-electron chi connectivity index (χ1n) is 9.56. The van der Waals surface area contributed by atoms with Gasteiger partial charge in [0.25, 0.3) is 0 Å². The average Bonchev–Trinajstić information content (AvgIpc) is 2.38. The van der Waals surface area contributed by atoms with E-state index in [9.17, 15) is 0 Å². The van der Waals surface area contributed by atoms with Crippen LogP contribution in [-0.2, 0) is 0 Å². The third-order valence-corrected chi connectivity index (χ3v) is 6.13. The molecule has 0 aromatic heterocycles. The van der Waals surface area contributed by atoms with E-state index in [-0.39, 0.29) is 0 Å². The quantitative estimate of drug-likeness (QED) is 0.223. The molecule has 1 heteroatoms. The van der Waals surface area contributed by atoms with Gasteiger partial charge < -0.3 is 0 Å². The molecule has 0 bridgehead atoms. The third kappa shape index (κ3) is 18.4. The van der Waals surface area contributed by atoms with E-state index in [1.807, 2.05) is 0 Å². The Labute approximate surface area is 130 Å². The molecule has 0 spiro atoms. The molecule has 0 radical (unpaired) electrons. The molecule has 0 saturated carbocycles. The summed E-state index contributed by atoms with van der Waals surface area (Å²) in [6.07, 6.45) is 22.2. The molecule has 0 atom stereocenters. The minimum absolute atomic E-state index is 0.760. The molecule has 0 amide bonds. The van der Waals surface area contributed by atoms with Gasteiger partial charge in [-0.2, -0.15) is 0 Å². The van der Waals surface area contributed by atoms with Crippen molar-refractivity contribution in [1.82, 2.24) is 0 Å². The molecule has 0 aromatic rings. The fraction of sp³-hybridized carbons (Fsp3) is 1.00. The maximum absolute atomic E-state index is 2.50. The van der Waals surface area contributed by atoms with E-state index < -0.39 is 7.26 Å². The normalized spacial score (nSPS) is 12.8. The van der Waals surface area contributed by atoms with E-state index in [0.29, 0.717) is 0 Å². The van der Waals surface area contributed by atoms with Gasteiger partial charge in [0.05, 0.1) is 0 Å². The summed E-state index contributed by atoms with van der Waals surface area (Å²) in [7, 11) is -0.760. The van der Waals surface area contributed by atoms with Crippen molar-refractivity contribution in [3.63, 3.8) is 0 Å². The van der Waals surface area contributed by atoms with Crippen LogP contribution in [0, 0.1) is 0 Å². The summed E-state index contributed by atoms with van der Waals surface area (Å²) < 4.78 is 0. The predicted octanol–water partition coefficient (Wildman–Crippen LogP) is 7.11. The number of unbranched alkanes of at least 4 members (excludes halogenated alkanes) is 13. The van der Waals surface area contributed by atoms with Crippen LogP contribution in [0.1, 0.15) is 96.8 Å². The summed E-state index contributed by atoms with van der Waals surface area (Å²) in [5, 5.41) is 0. The van der Waals surface area contributed by atoms with E-state index in [2.05, 4.69) is 26.9 Å². The monoisotopic (exact) mass is 302 g/mol. The zero-order chi connectivity index (χ0) is 15.1. The number of hydrogen-bond donors (Lipinski definition) is 0. The van der Waals surface area contributed by atoms with Crippen LogP contribution < -0.4 is 0 Å². The van der Waals surface area contributed by atoms with Crippen molar-refractivity contribution in [3.8, 4) is 0 Å². The molecule has 0 N–H and O–H groups in total. The van der Waals surface area contributed by atoms with Crippen molar-refractivity contribution >= 4 is 7.26 Å². The van der Waals surface area contributed by atoms with Gasteiger partial charge in [0.15, 0.2) is 0 Å². The molecule has 0 heterocycles. The van der Waals surface area contributed by atoms with Crippen molar-refractivity contribution < 1.29 is 0 Å². The molecule has 0 unspecified atom stereocenters. The molecule has 0 saturated heterocycles. The van der Waals surface area contributed by atoms with E-state index >= 15 is 0 Å². The van der Waals surface area contributed by atoms with Crippen LogP contribution in [0.3, 0.4) is 0 Å². The van der Waals surface area contributed by atoms with Gasteiger partial charge in [-0.15, -0.1) is 0 Å². The maximum atomic E-state index is 2.50. The number of rotatable bonds is 15. The standard InChI is InChI=1S/C19H43P/c1-5-6-7-8-9-10-11-12-13-14-15-16-17-18-19-20(2,3)4/h20H,5-19H2,1-4H3. The topological polar surface area (TPSA) is 0 Å². The Morgan fingerprint density at radius 1 is 0.450 bits per heavy atom. The van der Waals surface area contributed by atoms with Crippen LogP contribution in [0.25, 0.3) is 0 Å². The van der Waals surface area contributed by atoms with E-state index in [1.54, 1.807) is 0 Å². The summed E-state index contributed by atoms with van der Waals surface area (Å²) in [6.45, 7) is 9.78. The molecule has 0 fully saturated rings. The summed E-state index contributed by atoms with van der Waals surface area (Å²) in [5.74, 6) is 0. The van der Waals surface area contributed by atoms with Crippen LogP contribution in [0.2, 0.25) is 0 Å². The van der Waals surface area contributed by atoms with E-state index in [1.165, 1.54) is 96.1 Å². The van der Waals surface area contributed by atoms with Crippen molar-refractivity contribution in [2.45, 2.75) is 96.8 Å². The molecule has 0 rings (SSSR count). The fourth-order valence-corrected chi connectivity index (χ4v) is 4.16. The number of hydrogen-bond acceptors (Lipinski definition) is 0. The second-order valence-electron chi connectivity index (χ2n) is 7.91. The first-order valence-corrected chi connectivity index (χ1v) is 13.3. The molecule has 0 nitrogen and oxygen atoms in total. The molecule has 0 aliphatic rings. The van der Waals surface area contributed by atoms with E-state index in [4.69, 9.17) is 0 Å². The van der Waals surface area contributed by atoms with Gasteiger partial charge in [-0.1, -0.05) is 26.2 Å². The van der Waals surface area contributed by atoms with Gasteiger partial charge in [-0.3, -0.25) is 0 Å². The van der Waals surface area contributed by atoms with Gasteiger partial charge in [-0.05, 0) is 0 Å². The van der Waals surface area contributed by atoms with Gasteiger partial charge >= 0.3 is 104 Å². The molecule has 124 valence electrons. The van der Waals surface area contributed by atoms with Crippen molar-refractivity contribution in [2.24, 2.45) is 0 Å². The van der Waals surface area contributed by atoms with Crippen molar-refractivity contribution in [2.75, 3.05) is 26.2 Å². The van der Waals surface area contributed by atoms with Crippen LogP contribution in [-0.4, -0.2) is 26.2 Å². The summed E-state index contributed by atoms with van der Waals surface area (Å²) in [6, 6.07) is 0. The van der Waals surface area contributed by atoms with Gasteiger partial charge in [0.2, 0.25) is 0 Å². The van der Waals surface area contributed by atoms with Gasteiger partial charge in [-0.25, -0.2) is 0 Å². The van der Waals surface area contributed by atoms with Crippen LogP contribution >= 0.6 is 7.26 Å². The molecular formula is C19H43P. The fourth-order valence-electron chi connectivity index (χ4n) is 2.85. The first-order chi connectivity index (χ1) is 9.56. The Hall–Kier alpha value is 0.430. The molecule has 0 aliphatic carbocycles. The van der Waals surface area contributed by atoms with E-state index in [0.717, 1.165) is 0 Å². The zero-order valence-corrected chi connectivity index (χ0v) is 16.1. The average molecular weight is 303 g/mol. The Bertz CT molecular complexity index is 181. The minimum atomic E-state index is -0.760. The van der Waals surface area contributed by atoms with Crippen molar-refractivity contribution in [1.29, 1.82) is 0 Å². The Kier molecular flexibility index (Phi) is 14.7. The van der Waals surface area contributed by atoms with Gasteiger partial charge in [0, 0.05) is 0 Å². The van der Waals surface area contributed by atoms with Crippen molar-refractivity contribution in [3.05, 3.63) is 0 Å². The van der Waals surface area contributed by atoms with Crippen LogP contribution in [0.15, 0.2) is 0 Å². The second-order valence-corrected chi connectivity index (χ2v) is 13.5. The first kappa shape index (κ1) is 20.4. The summed E-state index contributed by atoms with van der Waals surface area (Å²) >= 11 is 0. The Balaban J connectivity index is 2.99. The molecule has 20 heavy (non-hydrogen) atoms. The molecular weight excluding hydrogens is 259 g/mol. The van der Waals surface area contributed by atoms with Crippen LogP contribution in [0.5, 0.6) is 0 Å². The molecule has 0 aromatic carbocycles. The Morgan fingerprint density at radius 3 is 1.05 bits per heavy atom. The summed E-state index contributed by atoms with van der Waals surface area (Å²) in [4.78, 5) is 0. The SMILES string of the molecule is CCCCCCCCCCCCCCCC[PH](C)(C)C. The van der Waals surface area contributed by atoms with Crippen LogP contribution in [0.4, 0.5) is 0 Å².